The first-order chi connectivity index (χ1) is 6.70. The summed E-state index contributed by atoms with van der Waals surface area (Å²) in [7, 11) is 3.24. The molecule has 1 aromatic rings. The normalized spacial score (nSPS) is 10.2. The Balaban J connectivity index is 2.88. The van der Waals surface area contributed by atoms with Crippen LogP contribution in [0.2, 0.25) is 0 Å². The van der Waals surface area contributed by atoms with Gasteiger partial charge in [0.25, 0.3) is 0 Å². The Morgan fingerprint density at radius 2 is 2.36 bits per heavy atom. The molecule has 0 unspecified atom stereocenters. The number of imidazole rings is 1. The molecule has 0 spiro atoms. The molecule has 0 aliphatic heterocycles. The second kappa shape index (κ2) is 4.79. The van der Waals surface area contributed by atoms with Crippen molar-refractivity contribution in [2.75, 3.05) is 7.11 Å². The summed E-state index contributed by atoms with van der Waals surface area (Å²) in [4.78, 5) is 11.4. The standard InChI is InChI=1S/C10H17N2O2/c1-4-5-6-12-8-7-11(2)9(12)10(13)14-3/h7-8H,4-6H2,1-3H3/q+1. The first-order valence-corrected chi connectivity index (χ1v) is 4.83. The van der Waals surface area contributed by atoms with E-state index in [2.05, 4.69) is 6.92 Å². The molecule has 0 N–H and O–H groups in total. The maximum atomic E-state index is 11.4. The summed E-state index contributed by atoms with van der Waals surface area (Å²) < 4.78 is 8.42. The van der Waals surface area contributed by atoms with Crippen molar-refractivity contribution in [3.63, 3.8) is 0 Å². The molecule has 0 saturated heterocycles. The molecule has 78 valence electrons. The van der Waals surface area contributed by atoms with E-state index in [4.69, 9.17) is 4.74 Å². The second-order valence-electron chi connectivity index (χ2n) is 3.27. The van der Waals surface area contributed by atoms with E-state index in [0.717, 1.165) is 19.4 Å². The smallest absolute Gasteiger partial charge is 0.421 e. The van der Waals surface area contributed by atoms with Gasteiger partial charge in [-0.15, -0.1) is 0 Å². The van der Waals surface area contributed by atoms with Crippen LogP contribution in [0.4, 0.5) is 0 Å². The van der Waals surface area contributed by atoms with Gasteiger partial charge in [0, 0.05) is 0 Å². The van der Waals surface area contributed by atoms with E-state index in [1.165, 1.54) is 7.11 Å². The minimum Gasteiger partial charge on any atom is -0.460 e. The van der Waals surface area contributed by atoms with Gasteiger partial charge < -0.3 is 4.74 Å². The third-order valence-electron chi connectivity index (χ3n) is 2.20. The number of rotatable bonds is 4. The molecular weight excluding hydrogens is 180 g/mol. The number of unbranched alkanes of at least 4 members (excludes halogenated alkanes) is 1. The van der Waals surface area contributed by atoms with E-state index in [1.807, 2.05) is 24.0 Å². The number of hydrogen-bond donors (Lipinski definition) is 0. The average Bonchev–Trinajstić information content (AvgIpc) is 2.55. The van der Waals surface area contributed by atoms with Crippen molar-refractivity contribution in [3.8, 4) is 0 Å². The van der Waals surface area contributed by atoms with Gasteiger partial charge in [-0.2, -0.15) is 0 Å². The molecular formula is C10H17N2O2+. The van der Waals surface area contributed by atoms with Gasteiger partial charge in [0.1, 0.15) is 12.4 Å². The zero-order valence-electron chi connectivity index (χ0n) is 8.99. The van der Waals surface area contributed by atoms with Gasteiger partial charge in [0.15, 0.2) is 0 Å². The molecule has 0 radical (unpaired) electrons. The molecule has 0 atom stereocenters. The van der Waals surface area contributed by atoms with Crippen molar-refractivity contribution in [2.45, 2.75) is 26.3 Å². The molecule has 0 aromatic carbocycles. The third kappa shape index (κ3) is 2.13. The van der Waals surface area contributed by atoms with Crippen molar-refractivity contribution in [2.24, 2.45) is 7.05 Å². The monoisotopic (exact) mass is 197 g/mol. The second-order valence-corrected chi connectivity index (χ2v) is 3.27. The lowest BCUT2D eigenvalue weighted by atomic mass is 10.3. The molecule has 0 saturated carbocycles. The van der Waals surface area contributed by atoms with Crippen LogP contribution in [0, 0.1) is 0 Å². The number of esters is 1. The minimum atomic E-state index is -0.284. The number of hydrogen-bond acceptors (Lipinski definition) is 2. The molecule has 4 nitrogen and oxygen atoms in total. The largest absolute Gasteiger partial charge is 0.460 e. The predicted molar refractivity (Wildman–Crippen MR) is 51.9 cm³/mol. The van der Waals surface area contributed by atoms with Crippen molar-refractivity contribution in [1.29, 1.82) is 0 Å². The van der Waals surface area contributed by atoms with Crippen molar-refractivity contribution >= 4 is 5.97 Å². The summed E-state index contributed by atoms with van der Waals surface area (Å²) in [5, 5.41) is 0. The summed E-state index contributed by atoms with van der Waals surface area (Å²) in [6, 6.07) is 0. The van der Waals surface area contributed by atoms with Crippen LogP contribution in [-0.2, 0) is 18.3 Å². The van der Waals surface area contributed by atoms with E-state index < -0.39 is 0 Å². The van der Waals surface area contributed by atoms with Crippen molar-refractivity contribution < 1.29 is 14.1 Å². The van der Waals surface area contributed by atoms with Gasteiger partial charge in [-0.25, -0.2) is 13.9 Å². The molecule has 0 fully saturated rings. The SMILES string of the molecule is CCCCn1cc[n+](C)c1C(=O)OC. The molecule has 1 aromatic heterocycles. The number of ether oxygens (including phenoxy) is 1. The zero-order valence-corrected chi connectivity index (χ0v) is 8.99. The van der Waals surface area contributed by atoms with Crippen LogP contribution < -0.4 is 4.57 Å². The highest BCUT2D eigenvalue weighted by atomic mass is 16.5. The topological polar surface area (TPSA) is 35.1 Å². The molecule has 1 heterocycles. The number of carbonyl (C=O) groups is 1. The van der Waals surface area contributed by atoms with Crippen LogP contribution in [0.15, 0.2) is 12.4 Å². The summed E-state index contributed by atoms with van der Waals surface area (Å²) in [5.74, 6) is 0.314. The number of methoxy groups -OCH3 is 1. The Kier molecular flexibility index (Phi) is 3.68. The van der Waals surface area contributed by atoms with Gasteiger partial charge in [-0.3, -0.25) is 0 Å². The Morgan fingerprint density at radius 3 is 2.93 bits per heavy atom. The molecule has 4 heteroatoms. The van der Waals surface area contributed by atoms with Gasteiger partial charge in [0.2, 0.25) is 0 Å². The van der Waals surface area contributed by atoms with E-state index in [0.29, 0.717) is 5.82 Å². The third-order valence-corrected chi connectivity index (χ3v) is 2.20. The molecule has 0 aliphatic carbocycles. The number of carbonyl (C=O) groups excluding carboxylic acids is 1. The lowest BCUT2D eigenvalue weighted by molar-refractivity contribution is -0.673. The lowest BCUT2D eigenvalue weighted by Gasteiger charge is -1.99. The fraction of sp³-hybridized carbons (Fsp3) is 0.600. The summed E-state index contributed by atoms with van der Waals surface area (Å²) in [6.45, 7) is 2.99. The Morgan fingerprint density at radius 1 is 1.64 bits per heavy atom. The van der Waals surface area contributed by atoms with E-state index in [9.17, 15) is 4.79 Å². The Bertz CT molecular complexity index is 318. The van der Waals surface area contributed by atoms with E-state index in [1.54, 1.807) is 4.57 Å². The predicted octanol–water partition coefficient (Wildman–Crippen LogP) is 0.899. The van der Waals surface area contributed by atoms with Crippen LogP contribution in [0.25, 0.3) is 0 Å². The molecule has 0 bridgehead atoms. The molecule has 1 rings (SSSR count). The summed E-state index contributed by atoms with van der Waals surface area (Å²) in [6.07, 6.45) is 5.95. The van der Waals surface area contributed by atoms with Crippen LogP contribution in [0.3, 0.4) is 0 Å². The summed E-state index contributed by atoms with van der Waals surface area (Å²) in [5.41, 5.74) is 0. The highest BCUT2D eigenvalue weighted by Gasteiger charge is 2.23. The van der Waals surface area contributed by atoms with Gasteiger partial charge in [0.05, 0.1) is 20.7 Å². The van der Waals surface area contributed by atoms with E-state index >= 15 is 0 Å². The number of aryl methyl sites for hydroxylation is 2. The maximum absolute atomic E-state index is 11.4. The number of nitrogens with zero attached hydrogens (tertiary/aromatic N) is 2. The van der Waals surface area contributed by atoms with Crippen LogP contribution in [-0.4, -0.2) is 17.6 Å². The fourth-order valence-corrected chi connectivity index (χ4v) is 1.39. The zero-order chi connectivity index (χ0) is 10.6. The van der Waals surface area contributed by atoms with Crippen LogP contribution in [0.1, 0.15) is 30.4 Å². The lowest BCUT2D eigenvalue weighted by Crippen LogP contribution is -2.35. The van der Waals surface area contributed by atoms with Crippen molar-refractivity contribution in [1.82, 2.24) is 4.57 Å². The van der Waals surface area contributed by atoms with Gasteiger partial charge in [-0.1, -0.05) is 13.3 Å². The summed E-state index contributed by atoms with van der Waals surface area (Å²) >= 11 is 0. The molecule has 0 amide bonds. The quantitative estimate of drug-likeness (QED) is 0.531. The fourth-order valence-electron chi connectivity index (χ4n) is 1.39. The molecule has 14 heavy (non-hydrogen) atoms. The van der Waals surface area contributed by atoms with Crippen molar-refractivity contribution in [3.05, 3.63) is 18.2 Å². The first kappa shape index (κ1) is 10.8. The van der Waals surface area contributed by atoms with Gasteiger partial charge >= 0.3 is 11.8 Å². The van der Waals surface area contributed by atoms with Crippen LogP contribution >= 0.6 is 0 Å². The number of aromatic nitrogens is 2. The van der Waals surface area contributed by atoms with E-state index in [-0.39, 0.29) is 5.97 Å². The average molecular weight is 197 g/mol. The maximum Gasteiger partial charge on any atom is 0.421 e. The Labute approximate surface area is 84.1 Å². The van der Waals surface area contributed by atoms with Crippen LogP contribution in [0.5, 0.6) is 0 Å². The minimum absolute atomic E-state index is 0.284. The highest BCUT2D eigenvalue weighted by Crippen LogP contribution is 2.00. The Hall–Kier alpha value is -1.32. The first-order valence-electron chi connectivity index (χ1n) is 4.83. The molecule has 0 aliphatic rings. The highest BCUT2D eigenvalue weighted by molar-refractivity contribution is 5.83. The van der Waals surface area contributed by atoms with Gasteiger partial charge in [-0.05, 0) is 6.42 Å².